The molecule has 0 aliphatic carbocycles. The second-order valence-corrected chi connectivity index (χ2v) is 8.71. The van der Waals surface area contributed by atoms with Gasteiger partial charge < -0.3 is 23.9 Å². The summed E-state index contributed by atoms with van der Waals surface area (Å²) < 4.78 is 23.4. The van der Waals surface area contributed by atoms with E-state index in [1.807, 2.05) is 18.2 Å². The number of hydrogen-bond donors (Lipinski definition) is 1. The Kier molecular flexibility index (Phi) is 6.29. The van der Waals surface area contributed by atoms with Crippen LogP contribution in [0.15, 0.2) is 69.6 Å². The molecule has 0 saturated carbocycles. The lowest BCUT2D eigenvalue weighted by atomic mass is 10.1. The van der Waals surface area contributed by atoms with Crippen molar-refractivity contribution < 1.29 is 23.4 Å². The van der Waals surface area contributed by atoms with Gasteiger partial charge in [0.05, 0.1) is 14.2 Å². The largest absolute Gasteiger partial charge is 0.493 e. The fraction of sp³-hybridized carbons (Fsp3) is 0.200. The number of fused-ring (bicyclic) bond motifs is 1. The molecule has 0 saturated heterocycles. The molecule has 3 aromatic carbocycles. The number of oxazole rings is 1. The average Bonchev–Trinajstić information content (AvgIpc) is 3.23. The Balaban J connectivity index is 1.53. The molecule has 1 N–H and O–H groups in total. The first kappa shape index (κ1) is 22.7. The van der Waals surface area contributed by atoms with Gasteiger partial charge >= 0.3 is 0 Å². The normalized spacial score (nSPS) is 11.3. The first-order valence-corrected chi connectivity index (χ1v) is 11.0. The third-order valence-corrected chi connectivity index (χ3v) is 5.54. The highest BCUT2D eigenvalue weighted by atomic mass is 79.9. The lowest BCUT2D eigenvalue weighted by molar-refractivity contribution is -0.128. The van der Waals surface area contributed by atoms with Gasteiger partial charge in [-0.3, -0.25) is 4.79 Å². The molecule has 4 rings (SSSR count). The summed E-state index contributed by atoms with van der Waals surface area (Å²) in [6, 6.07) is 18.1. The van der Waals surface area contributed by atoms with Crippen LogP contribution in [0.1, 0.15) is 13.8 Å². The number of carbonyl (C=O) groups is 1. The van der Waals surface area contributed by atoms with Crippen LogP contribution in [-0.4, -0.2) is 30.7 Å². The number of aromatic nitrogens is 1. The fourth-order valence-electron chi connectivity index (χ4n) is 3.22. The Morgan fingerprint density at radius 3 is 2.39 bits per heavy atom. The number of ether oxygens (including phenoxy) is 3. The first-order chi connectivity index (χ1) is 15.8. The van der Waals surface area contributed by atoms with E-state index in [4.69, 9.17) is 18.6 Å². The average molecular weight is 511 g/mol. The molecule has 0 aliphatic heterocycles. The number of rotatable bonds is 7. The number of anilines is 1. The Labute approximate surface area is 199 Å². The Morgan fingerprint density at radius 2 is 1.70 bits per heavy atom. The summed E-state index contributed by atoms with van der Waals surface area (Å²) in [7, 11) is 3.16. The number of nitrogens with zero attached hydrogens (tertiary/aromatic N) is 1. The maximum atomic E-state index is 12.9. The SMILES string of the molecule is COc1ccc(-c2nc3cc(NC(=O)C(C)(C)Oc4ccc(Br)cc4)ccc3o2)cc1OC. The molecule has 0 atom stereocenters. The second kappa shape index (κ2) is 9.15. The smallest absolute Gasteiger partial charge is 0.267 e. The monoisotopic (exact) mass is 510 g/mol. The van der Waals surface area contributed by atoms with E-state index in [0.717, 1.165) is 10.0 Å². The van der Waals surface area contributed by atoms with Crippen molar-refractivity contribution in [2.75, 3.05) is 19.5 Å². The predicted molar refractivity (Wildman–Crippen MR) is 130 cm³/mol. The third kappa shape index (κ3) is 4.96. The van der Waals surface area contributed by atoms with Crippen LogP contribution in [0.3, 0.4) is 0 Å². The molecule has 0 aliphatic rings. The third-order valence-electron chi connectivity index (χ3n) is 5.01. The summed E-state index contributed by atoms with van der Waals surface area (Å²) in [5, 5.41) is 2.90. The summed E-state index contributed by atoms with van der Waals surface area (Å²) in [5.74, 6) is 1.96. The molecule has 0 radical (unpaired) electrons. The van der Waals surface area contributed by atoms with Crippen LogP contribution in [0.25, 0.3) is 22.6 Å². The molecule has 7 nitrogen and oxygen atoms in total. The Bertz CT molecular complexity index is 1300. The van der Waals surface area contributed by atoms with E-state index in [1.165, 1.54) is 0 Å². The van der Waals surface area contributed by atoms with Crippen molar-refractivity contribution in [3.8, 4) is 28.7 Å². The van der Waals surface area contributed by atoms with Crippen LogP contribution in [0.5, 0.6) is 17.2 Å². The van der Waals surface area contributed by atoms with Crippen LogP contribution < -0.4 is 19.5 Å². The number of amides is 1. The van der Waals surface area contributed by atoms with Crippen LogP contribution in [0, 0.1) is 0 Å². The molecular weight excluding hydrogens is 488 g/mol. The molecule has 1 aromatic heterocycles. The van der Waals surface area contributed by atoms with E-state index in [-0.39, 0.29) is 5.91 Å². The van der Waals surface area contributed by atoms with E-state index in [2.05, 4.69) is 26.2 Å². The molecule has 1 amide bonds. The molecule has 4 aromatic rings. The zero-order valence-corrected chi connectivity index (χ0v) is 20.2. The quantitative estimate of drug-likeness (QED) is 0.324. The minimum absolute atomic E-state index is 0.284. The number of halogens is 1. The molecule has 170 valence electrons. The summed E-state index contributed by atoms with van der Waals surface area (Å²) in [6.45, 7) is 3.43. The molecule has 8 heteroatoms. The molecule has 33 heavy (non-hydrogen) atoms. The highest BCUT2D eigenvalue weighted by molar-refractivity contribution is 9.10. The highest BCUT2D eigenvalue weighted by Gasteiger charge is 2.30. The van der Waals surface area contributed by atoms with Crippen LogP contribution >= 0.6 is 15.9 Å². The molecule has 1 heterocycles. The topological polar surface area (TPSA) is 82.8 Å². The minimum Gasteiger partial charge on any atom is -0.493 e. The van der Waals surface area contributed by atoms with Crippen molar-refractivity contribution in [3.63, 3.8) is 0 Å². The van der Waals surface area contributed by atoms with Crippen LogP contribution in [-0.2, 0) is 4.79 Å². The van der Waals surface area contributed by atoms with Crippen molar-refractivity contribution in [2.45, 2.75) is 19.4 Å². The Morgan fingerprint density at radius 1 is 0.970 bits per heavy atom. The standard InChI is InChI=1S/C25H23BrN2O5/c1-25(2,33-18-9-6-16(26)7-10-18)24(29)27-17-8-12-20-19(14-17)28-23(32-20)15-5-11-21(30-3)22(13-15)31-4/h5-14H,1-4H3,(H,27,29). The maximum Gasteiger partial charge on any atom is 0.267 e. The van der Waals surface area contributed by atoms with Gasteiger partial charge in [-0.05, 0) is 74.5 Å². The van der Waals surface area contributed by atoms with Crippen LogP contribution in [0.4, 0.5) is 5.69 Å². The second-order valence-electron chi connectivity index (χ2n) is 7.79. The minimum atomic E-state index is -1.09. The molecule has 0 bridgehead atoms. The van der Waals surface area contributed by atoms with Crippen molar-refractivity contribution in [2.24, 2.45) is 0 Å². The Hall–Kier alpha value is -3.52. The molecule has 0 fully saturated rings. The van der Waals surface area contributed by atoms with E-state index < -0.39 is 5.60 Å². The van der Waals surface area contributed by atoms with Crippen molar-refractivity contribution >= 4 is 38.6 Å². The molecular formula is C25H23BrN2O5. The van der Waals surface area contributed by atoms with Gasteiger partial charge in [-0.15, -0.1) is 0 Å². The maximum absolute atomic E-state index is 12.9. The summed E-state index contributed by atoms with van der Waals surface area (Å²) in [5.41, 5.74) is 1.47. The number of carbonyl (C=O) groups excluding carboxylic acids is 1. The summed E-state index contributed by atoms with van der Waals surface area (Å²) in [4.78, 5) is 17.5. The van der Waals surface area contributed by atoms with Gasteiger partial charge in [-0.1, -0.05) is 15.9 Å². The summed E-state index contributed by atoms with van der Waals surface area (Å²) >= 11 is 3.39. The lowest BCUT2D eigenvalue weighted by Crippen LogP contribution is -2.42. The number of nitrogens with one attached hydrogen (secondary N) is 1. The number of benzene rings is 3. The van der Waals surface area contributed by atoms with Gasteiger partial charge in [0.2, 0.25) is 5.89 Å². The van der Waals surface area contributed by atoms with Crippen LogP contribution in [0.2, 0.25) is 0 Å². The van der Waals surface area contributed by atoms with Gasteiger partial charge in [0.15, 0.2) is 22.7 Å². The van der Waals surface area contributed by atoms with Gasteiger partial charge in [-0.2, -0.15) is 0 Å². The fourth-order valence-corrected chi connectivity index (χ4v) is 3.49. The van der Waals surface area contributed by atoms with Gasteiger partial charge in [0, 0.05) is 15.7 Å². The highest BCUT2D eigenvalue weighted by Crippen LogP contribution is 2.33. The first-order valence-electron chi connectivity index (χ1n) is 10.2. The summed E-state index contributed by atoms with van der Waals surface area (Å²) in [6.07, 6.45) is 0. The van der Waals surface area contributed by atoms with E-state index in [0.29, 0.717) is 39.9 Å². The van der Waals surface area contributed by atoms with Crippen molar-refractivity contribution in [1.29, 1.82) is 0 Å². The lowest BCUT2D eigenvalue weighted by Gasteiger charge is -2.25. The van der Waals surface area contributed by atoms with E-state index in [1.54, 1.807) is 70.5 Å². The van der Waals surface area contributed by atoms with E-state index in [9.17, 15) is 4.79 Å². The van der Waals surface area contributed by atoms with Gasteiger partial charge in [0.1, 0.15) is 11.3 Å². The van der Waals surface area contributed by atoms with Gasteiger partial charge in [0.25, 0.3) is 5.91 Å². The number of methoxy groups -OCH3 is 2. The predicted octanol–water partition coefficient (Wildman–Crippen LogP) is 6.07. The molecule has 0 unspecified atom stereocenters. The van der Waals surface area contributed by atoms with Gasteiger partial charge in [-0.25, -0.2) is 4.98 Å². The number of hydrogen-bond acceptors (Lipinski definition) is 6. The zero-order chi connectivity index (χ0) is 23.6. The van der Waals surface area contributed by atoms with Crippen molar-refractivity contribution in [3.05, 3.63) is 65.1 Å². The van der Waals surface area contributed by atoms with Crippen molar-refractivity contribution in [1.82, 2.24) is 4.98 Å². The van der Waals surface area contributed by atoms with E-state index >= 15 is 0 Å². The zero-order valence-electron chi connectivity index (χ0n) is 18.6. The molecule has 0 spiro atoms.